The summed E-state index contributed by atoms with van der Waals surface area (Å²) in [7, 11) is -3.56. The number of benzene rings is 1. The van der Waals surface area contributed by atoms with Gasteiger partial charge in [0.25, 0.3) is 10.1 Å². The van der Waals surface area contributed by atoms with Crippen molar-refractivity contribution in [3.8, 4) is 0 Å². The third kappa shape index (κ3) is 6.23. The highest BCUT2D eigenvalue weighted by atomic mass is 32.2. The van der Waals surface area contributed by atoms with Crippen LogP contribution in [0, 0.1) is 17.7 Å². The Balaban J connectivity index is 1.58. The maximum atomic E-state index is 13.1. The summed E-state index contributed by atoms with van der Waals surface area (Å²) in [5.41, 5.74) is 1.16. The molecule has 0 radical (unpaired) electrons. The molecule has 0 aromatic heterocycles. The van der Waals surface area contributed by atoms with Gasteiger partial charge < -0.3 is 9.64 Å². The van der Waals surface area contributed by atoms with E-state index in [1.54, 1.807) is 6.92 Å². The van der Waals surface area contributed by atoms with Gasteiger partial charge in [-0.3, -0.25) is 8.98 Å². The summed E-state index contributed by atoms with van der Waals surface area (Å²) < 4.78 is 46.5. The van der Waals surface area contributed by atoms with Crippen LogP contribution in [-0.2, 0) is 23.8 Å². The fourth-order valence-corrected chi connectivity index (χ4v) is 5.31. The van der Waals surface area contributed by atoms with Crippen LogP contribution in [0.15, 0.2) is 24.3 Å². The van der Waals surface area contributed by atoms with Crippen LogP contribution >= 0.6 is 0 Å². The highest BCUT2D eigenvalue weighted by molar-refractivity contribution is 7.86. The van der Waals surface area contributed by atoms with Crippen LogP contribution in [0.25, 0.3) is 0 Å². The van der Waals surface area contributed by atoms with Gasteiger partial charge in [0.05, 0.1) is 24.9 Å². The number of halogens is 1. The van der Waals surface area contributed by atoms with Crippen molar-refractivity contribution < 1.29 is 26.5 Å². The van der Waals surface area contributed by atoms with Crippen molar-refractivity contribution in [1.29, 1.82) is 0 Å². The van der Waals surface area contributed by atoms with Gasteiger partial charge in [0.1, 0.15) is 5.82 Å². The van der Waals surface area contributed by atoms with Gasteiger partial charge in [-0.1, -0.05) is 12.1 Å². The summed E-state index contributed by atoms with van der Waals surface area (Å²) in [6.45, 7) is 4.59. The molecule has 2 aliphatic rings. The summed E-state index contributed by atoms with van der Waals surface area (Å²) in [6, 6.07) is 6.73. The Kier molecular flexibility index (Phi) is 7.29. The molecule has 2 fully saturated rings. The molecule has 1 aliphatic carbocycles. The Hall–Kier alpha value is -1.51. The van der Waals surface area contributed by atoms with Crippen LogP contribution in [0.3, 0.4) is 0 Å². The second-order valence-electron chi connectivity index (χ2n) is 8.14. The van der Waals surface area contributed by atoms with Crippen LogP contribution in [0.1, 0.15) is 44.1 Å². The summed E-state index contributed by atoms with van der Waals surface area (Å²) in [5.74, 6) is -0.390. The molecule has 1 aromatic carbocycles. The van der Waals surface area contributed by atoms with E-state index in [-0.39, 0.29) is 23.6 Å². The molecular formula is C21H30FNO5S. The Morgan fingerprint density at radius 1 is 1.17 bits per heavy atom. The largest absolute Gasteiger partial charge is 0.466 e. The molecule has 0 N–H and O–H groups in total. The van der Waals surface area contributed by atoms with Crippen LogP contribution in [0.5, 0.6) is 0 Å². The molecule has 3 unspecified atom stereocenters. The lowest BCUT2D eigenvalue weighted by Crippen LogP contribution is -2.38. The minimum absolute atomic E-state index is 0.0168. The Bertz CT molecular complexity index is 790. The number of ether oxygens (including phenoxy) is 1. The highest BCUT2D eigenvalue weighted by Gasteiger charge is 2.42. The van der Waals surface area contributed by atoms with E-state index in [4.69, 9.17) is 8.92 Å². The summed E-state index contributed by atoms with van der Waals surface area (Å²) in [4.78, 5) is 14.7. The van der Waals surface area contributed by atoms with Gasteiger partial charge in [-0.25, -0.2) is 4.39 Å². The van der Waals surface area contributed by atoms with Crippen LogP contribution in [0.4, 0.5) is 4.39 Å². The number of piperidine rings is 1. The van der Waals surface area contributed by atoms with E-state index in [0.29, 0.717) is 25.4 Å². The first-order chi connectivity index (χ1) is 13.7. The number of hydrogen-bond donors (Lipinski definition) is 0. The lowest BCUT2D eigenvalue weighted by Gasteiger charge is -2.34. The van der Waals surface area contributed by atoms with Crippen molar-refractivity contribution in [2.45, 2.75) is 44.6 Å². The van der Waals surface area contributed by atoms with Crippen molar-refractivity contribution in [1.82, 2.24) is 4.90 Å². The van der Waals surface area contributed by atoms with Crippen molar-refractivity contribution in [2.75, 3.05) is 32.5 Å². The molecule has 0 spiro atoms. The molecule has 0 amide bonds. The molecule has 6 nitrogen and oxygen atoms in total. The van der Waals surface area contributed by atoms with Crippen molar-refractivity contribution >= 4 is 16.1 Å². The number of nitrogens with zero attached hydrogens (tertiary/aromatic N) is 1. The van der Waals surface area contributed by atoms with E-state index in [2.05, 4.69) is 4.90 Å². The molecule has 3 rings (SSSR count). The standard InChI is InChI=1S/C21H30FNO5S/c1-3-27-21(24)20-13-19(28-29(2,25)26)12-17(20)14-23-10-8-16(9-11-23)15-4-6-18(22)7-5-15/h4-7,16-17,19-20H,3,8-14H2,1-2H3. The van der Waals surface area contributed by atoms with Crippen LogP contribution < -0.4 is 0 Å². The van der Waals surface area contributed by atoms with E-state index in [1.807, 2.05) is 12.1 Å². The monoisotopic (exact) mass is 427 g/mol. The van der Waals surface area contributed by atoms with Gasteiger partial charge in [-0.15, -0.1) is 0 Å². The van der Waals surface area contributed by atoms with E-state index in [0.717, 1.165) is 44.3 Å². The van der Waals surface area contributed by atoms with Crippen molar-refractivity contribution in [3.05, 3.63) is 35.6 Å². The lowest BCUT2D eigenvalue weighted by molar-refractivity contribution is -0.149. The third-order valence-corrected chi connectivity index (χ3v) is 6.60. The van der Waals surface area contributed by atoms with Crippen LogP contribution in [0.2, 0.25) is 0 Å². The number of carbonyl (C=O) groups is 1. The van der Waals surface area contributed by atoms with Gasteiger partial charge >= 0.3 is 5.97 Å². The Morgan fingerprint density at radius 2 is 1.83 bits per heavy atom. The first kappa shape index (κ1) is 22.2. The molecule has 1 saturated heterocycles. The zero-order valence-electron chi connectivity index (χ0n) is 17.1. The summed E-state index contributed by atoms with van der Waals surface area (Å²) in [5, 5.41) is 0. The SMILES string of the molecule is CCOC(=O)C1CC(OS(C)(=O)=O)CC1CN1CCC(c2ccc(F)cc2)CC1. The number of likely N-dealkylation sites (tertiary alicyclic amines) is 1. The van der Waals surface area contributed by atoms with E-state index >= 15 is 0 Å². The Morgan fingerprint density at radius 3 is 2.41 bits per heavy atom. The molecular weight excluding hydrogens is 397 g/mol. The lowest BCUT2D eigenvalue weighted by atomic mass is 9.88. The second kappa shape index (κ2) is 9.53. The van der Waals surface area contributed by atoms with Gasteiger partial charge in [0, 0.05) is 6.54 Å². The molecule has 1 heterocycles. The first-order valence-electron chi connectivity index (χ1n) is 10.3. The first-order valence-corrected chi connectivity index (χ1v) is 12.1. The summed E-state index contributed by atoms with van der Waals surface area (Å²) in [6.07, 6.45) is 3.44. The maximum Gasteiger partial charge on any atom is 0.309 e. The van der Waals surface area contributed by atoms with E-state index < -0.39 is 16.2 Å². The average Bonchev–Trinajstić information content (AvgIpc) is 3.04. The minimum atomic E-state index is -3.56. The molecule has 3 atom stereocenters. The number of carbonyl (C=O) groups excluding carboxylic acids is 1. The quantitative estimate of drug-likeness (QED) is 0.492. The average molecular weight is 428 g/mol. The Labute approximate surface area is 172 Å². The second-order valence-corrected chi connectivity index (χ2v) is 9.74. The zero-order chi connectivity index (χ0) is 21.0. The van der Waals surface area contributed by atoms with Crippen LogP contribution in [-0.4, -0.2) is 57.9 Å². The van der Waals surface area contributed by atoms with Crippen molar-refractivity contribution in [2.24, 2.45) is 11.8 Å². The molecule has 1 saturated carbocycles. The van der Waals surface area contributed by atoms with Gasteiger partial charge in [0.15, 0.2) is 0 Å². The van der Waals surface area contributed by atoms with Gasteiger partial charge in [-0.2, -0.15) is 8.42 Å². The van der Waals surface area contributed by atoms with Crippen molar-refractivity contribution in [3.63, 3.8) is 0 Å². The summed E-state index contributed by atoms with van der Waals surface area (Å²) >= 11 is 0. The normalized spacial score (nSPS) is 26.5. The van der Waals surface area contributed by atoms with Gasteiger partial charge in [-0.05, 0) is 75.2 Å². The zero-order valence-corrected chi connectivity index (χ0v) is 17.9. The van der Waals surface area contributed by atoms with E-state index in [1.165, 1.54) is 12.1 Å². The molecule has 0 bridgehead atoms. The number of esters is 1. The molecule has 1 aromatic rings. The molecule has 1 aliphatic heterocycles. The smallest absolute Gasteiger partial charge is 0.309 e. The minimum Gasteiger partial charge on any atom is -0.466 e. The fourth-order valence-electron chi connectivity index (χ4n) is 4.65. The number of hydrogen-bond acceptors (Lipinski definition) is 6. The number of rotatable bonds is 7. The molecule has 162 valence electrons. The molecule has 8 heteroatoms. The highest BCUT2D eigenvalue weighted by Crippen LogP contribution is 2.37. The predicted octanol–water partition coefficient (Wildman–Crippen LogP) is 2.94. The molecule has 29 heavy (non-hydrogen) atoms. The fraction of sp³-hybridized carbons (Fsp3) is 0.667. The third-order valence-electron chi connectivity index (χ3n) is 5.97. The van der Waals surface area contributed by atoms with E-state index in [9.17, 15) is 17.6 Å². The predicted molar refractivity (Wildman–Crippen MR) is 107 cm³/mol. The maximum absolute atomic E-state index is 13.1. The topological polar surface area (TPSA) is 72.9 Å². The van der Waals surface area contributed by atoms with Gasteiger partial charge in [0.2, 0.25) is 0 Å².